The summed E-state index contributed by atoms with van der Waals surface area (Å²) >= 11 is 7.55. The van der Waals surface area contributed by atoms with Crippen LogP contribution in [0.25, 0.3) is 0 Å². The van der Waals surface area contributed by atoms with E-state index in [1.54, 1.807) is 0 Å². The molecule has 0 aliphatic heterocycles. The number of carboxylic acids is 1. The summed E-state index contributed by atoms with van der Waals surface area (Å²) in [6.07, 6.45) is 0. The van der Waals surface area contributed by atoms with Gasteiger partial charge in [-0.2, -0.15) is 0 Å². The van der Waals surface area contributed by atoms with E-state index in [2.05, 4.69) is 36.6 Å². The highest BCUT2D eigenvalue weighted by Gasteiger charge is 2.23. The molecule has 0 fully saturated rings. The molecule has 4 N–H and O–H groups in total. The van der Waals surface area contributed by atoms with Crippen molar-refractivity contribution in [3.63, 3.8) is 0 Å². The van der Waals surface area contributed by atoms with E-state index in [0.29, 0.717) is 7.57 Å². The lowest BCUT2D eigenvalue weighted by molar-refractivity contribution is 0.0698. The van der Waals surface area contributed by atoms with Crippen LogP contribution in [-0.2, 0) is 10.0 Å². The lowest BCUT2D eigenvalue weighted by Crippen LogP contribution is -2.15. The number of benzene rings is 1. The Balaban J connectivity index is 2.47. The Kier molecular flexibility index (Phi) is 4.61. The van der Waals surface area contributed by atoms with Gasteiger partial charge in [-0.1, -0.05) is 0 Å². The van der Waals surface area contributed by atoms with Crippen molar-refractivity contribution in [1.82, 2.24) is 0 Å². The summed E-state index contributed by atoms with van der Waals surface area (Å²) in [6, 6.07) is 5.35. The van der Waals surface area contributed by atoms with Crippen molar-refractivity contribution in [2.75, 3.05) is 10.5 Å². The highest BCUT2D eigenvalue weighted by Crippen LogP contribution is 2.36. The van der Waals surface area contributed by atoms with Crippen LogP contribution in [0.15, 0.2) is 36.7 Å². The van der Waals surface area contributed by atoms with Crippen LogP contribution in [0.4, 0.5) is 11.4 Å². The first-order chi connectivity index (χ1) is 9.70. The molecule has 0 saturated heterocycles. The lowest BCUT2D eigenvalue weighted by atomic mass is 10.1. The fourth-order valence-corrected chi connectivity index (χ4v) is 6.43. The molecule has 0 radical (unpaired) electrons. The van der Waals surface area contributed by atoms with E-state index in [-0.39, 0.29) is 21.8 Å². The molecule has 0 amide bonds. The van der Waals surface area contributed by atoms with Crippen molar-refractivity contribution in [2.45, 2.75) is 4.90 Å². The van der Waals surface area contributed by atoms with Gasteiger partial charge in [0.25, 0.3) is 10.0 Å². The van der Waals surface area contributed by atoms with Gasteiger partial charge >= 0.3 is 5.97 Å². The number of nitrogens with one attached hydrogen (secondary N) is 1. The number of anilines is 2. The molecule has 0 aliphatic carbocycles. The highest BCUT2D eigenvalue weighted by molar-refractivity contribution is 9.12. The first-order valence-corrected chi connectivity index (χ1v) is 9.20. The molecule has 2 aromatic rings. The van der Waals surface area contributed by atoms with Crippen LogP contribution in [0.5, 0.6) is 0 Å². The van der Waals surface area contributed by atoms with Gasteiger partial charge in [-0.05, 0) is 56.1 Å². The van der Waals surface area contributed by atoms with Crippen LogP contribution >= 0.6 is 43.2 Å². The second kappa shape index (κ2) is 5.95. The Morgan fingerprint density at radius 1 is 1.29 bits per heavy atom. The third kappa shape index (κ3) is 3.57. The summed E-state index contributed by atoms with van der Waals surface area (Å²) in [5.74, 6) is -1.27. The van der Waals surface area contributed by atoms with Crippen LogP contribution in [-0.4, -0.2) is 19.5 Å². The van der Waals surface area contributed by atoms with Gasteiger partial charge in [-0.15, -0.1) is 11.3 Å². The van der Waals surface area contributed by atoms with Crippen molar-refractivity contribution in [3.8, 4) is 0 Å². The second-order valence-corrected chi connectivity index (χ2v) is 9.30. The fourth-order valence-electron chi connectivity index (χ4n) is 1.54. The predicted molar refractivity (Wildman–Crippen MR) is 88.3 cm³/mol. The van der Waals surface area contributed by atoms with Gasteiger partial charge in [-0.25, -0.2) is 13.2 Å². The number of carboxylic acid groups (broad SMARTS) is 1. The van der Waals surface area contributed by atoms with E-state index in [4.69, 9.17) is 10.8 Å². The summed E-state index contributed by atoms with van der Waals surface area (Å²) in [4.78, 5) is 11.2. The molecule has 1 aromatic heterocycles. The van der Waals surface area contributed by atoms with E-state index in [0.717, 1.165) is 0 Å². The Morgan fingerprint density at radius 2 is 1.95 bits per heavy atom. The predicted octanol–water partition coefficient (Wildman–Crippen LogP) is 3.35. The smallest absolute Gasteiger partial charge is 0.337 e. The second-order valence-electron chi connectivity index (χ2n) is 3.90. The number of hydrogen-bond donors (Lipinski definition) is 3. The van der Waals surface area contributed by atoms with Crippen molar-refractivity contribution in [2.24, 2.45) is 0 Å². The number of carbonyl (C=O) groups is 1. The molecule has 1 heterocycles. The molecular weight excluding hydrogens is 448 g/mol. The monoisotopic (exact) mass is 454 g/mol. The number of hydrogen-bond acceptors (Lipinski definition) is 5. The van der Waals surface area contributed by atoms with Gasteiger partial charge in [0.15, 0.2) is 0 Å². The molecule has 1 aromatic carbocycles. The zero-order chi connectivity index (χ0) is 15.8. The Bertz CT molecular complexity index is 818. The molecular formula is C11H8Br2N2O4S2. The van der Waals surface area contributed by atoms with Crippen molar-refractivity contribution in [3.05, 3.63) is 37.4 Å². The summed E-state index contributed by atoms with van der Waals surface area (Å²) in [6.45, 7) is 0. The standard InChI is InChI=1S/C11H8Br2N2O4S2/c12-9-4-8(10(13)20-9)21(18,19)15-7-2-1-5(14)3-6(7)11(16)17/h1-4,15H,14H2,(H,16,17). The normalized spacial score (nSPS) is 11.3. The van der Waals surface area contributed by atoms with Crippen molar-refractivity contribution >= 4 is 70.6 Å². The molecule has 0 unspecified atom stereocenters. The van der Waals surface area contributed by atoms with Crippen LogP contribution in [0.1, 0.15) is 10.4 Å². The topological polar surface area (TPSA) is 109 Å². The van der Waals surface area contributed by atoms with Gasteiger partial charge in [-0.3, -0.25) is 4.72 Å². The molecule has 10 heteroatoms. The minimum absolute atomic E-state index is 0.0209. The molecule has 21 heavy (non-hydrogen) atoms. The van der Waals surface area contributed by atoms with Gasteiger partial charge in [0, 0.05) is 5.69 Å². The lowest BCUT2D eigenvalue weighted by Gasteiger charge is -2.10. The Hall–Kier alpha value is -1.10. The van der Waals surface area contributed by atoms with E-state index in [9.17, 15) is 13.2 Å². The molecule has 0 spiro atoms. The maximum Gasteiger partial charge on any atom is 0.337 e. The number of sulfonamides is 1. The van der Waals surface area contributed by atoms with E-state index < -0.39 is 16.0 Å². The third-order valence-electron chi connectivity index (χ3n) is 2.43. The zero-order valence-electron chi connectivity index (χ0n) is 10.1. The van der Waals surface area contributed by atoms with Crippen LogP contribution in [0.2, 0.25) is 0 Å². The minimum atomic E-state index is -3.91. The molecule has 0 atom stereocenters. The van der Waals surface area contributed by atoms with Gasteiger partial charge in [0.1, 0.15) is 4.90 Å². The average molecular weight is 456 g/mol. The molecule has 2 rings (SSSR count). The van der Waals surface area contributed by atoms with Gasteiger partial charge in [0.05, 0.1) is 18.8 Å². The Labute approximate surface area is 141 Å². The quantitative estimate of drug-likeness (QED) is 0.612. The first kappa shape index (κ1) is 16.3. The molecule has 112 valence electrons. The highest BCUT2D eigenvalue weighted by atomic mass is 79.9. The van der Waals surface area contributed by atoms with E-state index in [1.165, 1.54) is 35.6 Å². The van der Waals surface area contributed by atoms with Gasteiger partial charge in [0.2, 0.25) is 0 Å². The molecule has 0 aliphatic rings. The fraction of sp³-hybridized carbons (Fsp3) is 0. The maximum atomic E-state index is 12.3. The maximum absolute atomic E-state index is 12.3. The van der Waals surface area contributed by atoms with Crippen LogP contribution in [0.3, 0.4) is 0 Å². The number of nitrogen functional groups attached to an aromatic ring is 1. The van der Waals surface area contributed by atoms with E-state index >= 15 is 0 Å². The number of thiophene rings is 1. The zero-order valence-corrected chi connectivity index (χ0v) is 14.9. The van der Waals surface area contributed by atoms with Crippen molar-refractivity contribution < 1.29 is 18.3 Å². The third-order valence-corrected chi connectivity index (χ3v) is 6.55. The van der Waals surface area contributed by atoms with Crippen molar-refractivity contribution in [1.29, 1.82) is 0 Å². The van der Waals surface area contributed by atoms with Crippen LogP contribution in [0, 0.1) is 0 Å². The minimum Gasteiger partial charge on any atom is -0.478 e. The van der Waals surface area contributed by atoms with Crippen LogP contribution < -0.4 is 10.5 Å². The first-order valence-electron chi connectivity index (χ1n) is 5.31. The number of halogens is 2. The SMILES string of the molecule is Nc1ccc(NS(=O)(=O)c2cc(Br)sc2Br)c(C(=O)O)c1. The molecule has 6 nitrogen and oxygen atoms in total. The number of aromatic carboxylic acids is 1. The number of rotatable bonds is 4. The molecule has 0 saturated carbocycles. The summed E-state index contributed by atoms with van der Waals surface area (Å²) < 4.78 is 27.9. The van der Waals surface area contributed by atoms with E-state index in [1.807, 2.05) is 0 Å². The van der Waals surface area contributed by atoms with Gasteiger partial charge < -0.3 is 10.8 Å². The number of nitrogens with two attached hydrogens (primary N) is 1. The largest absolute Gasteiger partial charge is 0.478 e. The summed E-state index contributed by atoms with van der Waals surface area (Å²) in [5.41, 5.74) is 5.48. The average Bonchev–Trinajstić information content (AvgIpc) is 2.71. The Morgan fingerprint density at radius 3 is 2.48 bits per heavy atom. The summed E-state index contributed by atoms with van der Waals surface area (Å²) in [7, 11) is -3.91. The summed E-state index contributed by atoms with van der Waals surface area (Å²) in [5, 5.41) is 9.11. The molecule has 0 bridgehead atoms.